The molecule has 3 rings (SSSR count). The van der Waals surface area contributed by atoms with Gasteiger partial charge in [-0.15, -0.1) is 0 Å². The van der Waals surface area contributed by atoms with Crippen molar-refractivity contribution in [2.75, 3.05) is 13.2 Å². The Morgan fingerprint density at radius 1 is 1.29 bits per heavy atom. The van der Waals surface area contributed by atoms with Crippen LogP contribution in [0.4, 0.5) is 0 Å². The van der Waals surface area contributed by atoms with E-state index in [1.165, 1.54) is 0 Å². The average Bonchev–Trinajstić information content (AvgIpc) is 2.94. The molecule has 1 aliphatic rings. The zero-order valence-electron chi connectivity index (χ0n) is 11.8. The Labute approximate surface area is 132 Å². The first-order valence-electron chi connectivity index (χ1n) is 7.05. The summed E-state index contributed by atoms with van der Waals surface area (Å²) in [4.78, 5) is 0. The van der Waals surface area contributed by atoms with E-state index in [1.807, 2.05) is 43.3 Å². The Hall–Kier alpha value is -1.52. The monoisotopic (exact) mass is 348 g/mol. The number of para-hydroxylation sites is 1. The third-order valence-electron chi connectivity index (χ3n) is 3.59. The lowest BCUT2D eigenvalue weighted by molar-refractivity contribution is 0.206. The smallest absolute Gasteiger partial charge is 0.128 e. The van der Waals surface area contributed by atoms with Crippen molar-refractivity contribution in [3.63, 3.8) is 0 Å². The third-order valence-corrected chi connectivity index (χ3v) is 4.04. The molecule has 110 valence electrons. The highest BCUT2D eigenvalue weighted by atomic mass is 79.9. The lowest BCUT2D eigenvalue weighted by Gasteiger charge is -2.18. The first-order chi connectivity index (χ1) is 10.2. The van der Waals surface area contributed by atoms with Gasteiger partial charge in [-0.3, -0.25) is 0 Å². The summed E-state index contributed by atoms with van der Waals surface area (Å²) in [5, 5.41) is 10.8. The predicted octanol–water partition coefficient (Wildman–Crippen LogP) is 3.86. The van der Waals surface area contributed by atoms with Gasteiger partial charge in [-0.1, -0.05) is 34.1 Å². The molecule has 0 amide bonds. The topological polar surface area (TPSA) is 38.7 Å². The van der Waals surface area contributed by atoms with Crippen molar-refractivity contribution in [3.05, 3.63) is 57.6 Å². The van der Waals surface area contributed by atoms with Crippen LogP contribution in [0.2, 0.25) is 0 Å². The Kier molecular flexibility index (Phi) is 4.17. The molecule has 0 spiro atoms. The molecule has 1 heterocycles. The Morgan fingerprint density at radius 3 is 2.90 bits per heavy atom. The van der Waals surface area contributed by atoms with Crippen LogP contribution in [0.5, 0.6) is 11.5 Å². The number of halogens is 1. The zero-order valence-corrected chi connectivity index (χ0v) is 13.4. The maximum absolute atomic E-state index is 10.8. The van der Waals surface area contributed by atoms with Crippen LogP contribution in [0.15, 0.2) is 40.9 Å². The molecular formula is C17H17BrO3. The molecule has 0 saturated heterocycles. The van der Waals surface area contributed by atoms with E-state index in [1.54, 1.807) is 0 Å². The molecule has 21 heavy (non-hydrogen) atoms. The second kappa shape index (κ2) is 6.08. The Bertz CT molecular complexity index is 654. The van der Waals surface area contributed by atoms with Crippen LogP contribution in [0.1, 0.15) is 29.7 Å². The van der Waals surface area contributed by atoms with Crippen molar-refractivity contribution in [2.24, 2.45) is 0 Å². The van der Waals surface area contributed by atoms with Gasteiger partial charge in [0.25, 0.3) is 0 Å². The minimum Gasteiger partial charge on any atom is -0.493 e. The summed E-state index contributed by atoms with van der Waals surface area (Å²) in [5.74, 6) is 1.51. The molecule has 0 bridgehead atoms. The molecule has 0 fully saturated rings. The summed E-state index contributed by atoms with van der Waals surface area (Å²) in [6, 6.07) is 11.5. The van der Waals surface area contributed by atoms with E-state index < -0.39 is 6.10 Å². The quantitative estimate of drug-likeness (QED) is 0.911. The minimum absolute atomic E-state index is 0.566. The largest absolute Gasteiger partial charge is 0.493 e. The van der Waals surface area contributed by atoms with Crippen molar-refractivity contribution in [3.8, 4) is 11.5 Å². The molecule has 0 aliphatic carbocycles. The van der Waals surface area contributed by atoms with Crippen LogP contribution >= 0.6 is 15.9 Å². The zero-order chi connectivity index (χ0) is 14.8. The molecule has 2 aromatic rings. The number of aliphatic hydroxyl groups is 1. The molecule has 1 atom stereocenters. The van der Waals surface area contributed by atoms with Gasteiger partial charge in [0, 0.05) is 22.0 Å². The van der Waals surface area contributed by atoms with E-state index in [2.05, 4.69) is 15.9 Å². The van der Waals surface area contributed by atoms with E-state index in [0.29, 0.717) is 19.0 Å². The molecule has 0 saturated carbocycles. The summed E-state index contributed by atoms with van der Waals surface area (Å²) in [5.41, 5.74) is 2.67. The van der Waals surface area contributed by atoms with Gasteiger partial charge in [-0.2, -0.15) is 0 Å². The molecule has 3 nitrogen and oxygen atoms in total. The average molecular weight is 349 g/mol. The van der Waals surface area contributed by atoms with Crippen LogP contribution in [0.3, 0.4) is 0 Å². The maximum atomic E-state index is 10.8. The maximum Gasteiger partial charge on any atom is 0.128 e. The third kappa shape index (κ3) is 2.78. The predicted molar refractivity (Wildman–Crippen MR) is 85.0 cm³/mol. The summed E-state index contributed by atoms with van der Waals surface area (Å²) in [6.45, 7) is 3.17. The lowest BCUT2D eigenvalue weighted by atomic mass is 9.97. The summed E-state index contributed by atoms with van der Waals surface area (Å²) < 4.78 is 12.3. The van der Waals surface area contributed by atoms with Gasteiger partial charge in [-0.25, -0.2) is 0 Å². The van der Waals surface area contributed by atoms with Crippen molar-refractivity contribution in [1.82, 2.24) is 0 Å². The normalized spacial score (nSPS) is 14.4. The van der Waals surface area contributed by atoms with E-state index in [4.69, 9.17) is 9.47 Å². The fraction of sp³-hybridized carbons (Fsp3) is 0.294. The number of rotatable bonds is 4. The number of benzene rings is 2. The highest BCUT2D eigenvalue weighted by Gasteiger charge is 2.24. The van der Waals surface area contributed by atoms with Gasteiger partial charge >= 0.3 is 0 Å². The SMILES string of the molecule is CCOc1ccccc1C(O)c1cc(Br)cc2c1OCC2. The van der Waals surface area contributed by atoms with Gasteiger partial charge in [0.1, 0.15) is 17.6 Å². The molecule has 2 aromatic carbocycles. The number of hydrogen-bond acceptors (Lipinski definition) is 3. The summed E-state index contributed by atoms with van der Waals surface area (Å²) in [7, 11) is 0. The summed E-state index contributed by atoms with van der Waals surface area (Å²) >= 11 is 3.51. The molecular weight excluding hydrogens is 332 g/mol. The minimum atomic E-state index is -0.767. The molecule has 0 radical (unpaired) electrons. The molecule has 0 aromatic heterocycles. The van der Waals surface area contributed by atoms with Crippen LogP contribution in [0.25, 0.3) is 0 Å². The fourth-order valence-corrected chi connectivity index (χ4v) is 3.18. The molecule has 1 N–H and O–H groups in total. The summed E-state index contributed by atoms with van der Waals surface area (Å²) in [6.07, 6.45) is 0.110. The molecule has 1 unspecified atom stereocenters. The second-order valence-corrected chi connectivity index (χ2v) is 5.87. The lowest BCUT2D eigenvalue weighted by Crippen LogP contribution is -2.05. The Balaban J connectivity index is 2.05. The van der Waals surface area contributed by atoms with Crippen LogP contribution < -0.4 is 9.47 Å². The highest BCUT2D eigenvalue weighted by molar-refractivity contribution is 9.10. The number of aliphatic hydroxyl groups excluding tert-OH is 1. The van der Waals surface area contributed by atoms with E-state index in [9.17, 15) is 5.11 Å². The highest BCUT2D eigenvalue weighted by Crippen LogP contribution is 2.40. The van der Waals surface area contributed by atoms with Gasteiger partial charge < -0.3 is 14.6 Å². The molecule has 1 aliphatic heterocycles. The van der Waals surface area contributed by atoms with E-state index in [0.717, 1.165) is 33.3 Å². The first kappa shape index (κ1) is 14.4. The van der Waals surface area contributed by atoms with Crippen molar-refractivity contribution in [2.45, 2.75) is 19.4 Å². The van der Waals surface area contributed by atoms with Crippen LogP contribution in [0, 0.1) is 0 Å². The van der Waals surface area contributed by atoms with Crippen molar-refractivity contribution in [1.29, 1.82) is 0 Å². The van der Waals surface area contributed by atoms with Crippen molar-refractivity contribution >= 4 is 15.9 Å². The second-order valence-electron chi connectivity index (χ2n) is 4.96. The van der Waals surface area contributed by atoms with Crippen LogP contribution in [-0.2, 0) is 6.42 Å². The van der Waals surface area contributed by atoms with E-state index >= 15 is 0 Å². The van der Waals surface area contributed by atoms with Gasteiger partial charge in [0.2, 0.25) is 0 Å². The first-order valence-corrected chi connectivity index (χ1v) is 7.85. The number of hydrogen-bond donors (Lipinski definition) is 1. The van der Waals surface area contributed by atoms with Crippen LogP contribution in [-0.4, -0.2) is 18.3 Å². The molecule has 4 heteroatoms. The fourth-order valence-electron chi connectivity index (χ4n) is 2.66. The number of ether oxygens (including phenoxy) is 2. The Morgan fingerprint density at radius 2 is 2.10 bits per heavy atom. The standard InChI is InChI=1S/C17H17BrO3/c1-2-20-15-6-4-3-5-13(15)16(19)14-10-12(18)9-11-7-8-21-17(11)14/h3-6,9-10,16,19H,2,7-8H2,1H3. The number of fused-ring (bicyclic) bond motifs is 1. The van der Waals surface area contributed by atoms with Gasteiger partial charge in [0.05, 0.1) is 13.2 Å². The van der Waals surface area contributed by atoms with Gasteiger partial charge in [-0.05, 0) is 30.7 Å². The van der Waals surface area contributed by atoms with E-state index in [-0.39, 0.29) is 0 Å². The van der Waals surface area contributed by atoms with Gasteiger partial charge in [0.15, 0.2) is 0 Å². The van der Waals surface area contributed by atoms with Crippen molar-refractivity contribution < 1.29 is 14.6 Å².